The van der Waals surface area contributed by atoms with E-state index >= 15 is 0 Å². The zero-order chi connectivity index (χ0) is 11.4. The fraction of sp³-hybridized carbons (Fsp3) is 0.231. The zero-order valence-electron chi connectivity index (χ0n) is 9.14. The highest BCUT2D eigenvalue weighted by molar-refractivity contribution is 7.11. The Morgan fingerprint density at radius 3 is 2.69 bits per heavy atom. The molecule has 1 aromatic carbocycles. The predicted molar refractivity (Wildman–Crippen MR) is 65.9 cm³/mol. The van der Waals surface area contributed by atoms with Crippen molar-refractivity contribution < 1.29 is 4.79 Å². The summed E-state index contributed by atoms with van der Waals surface area (Å²) in [6.45, 7) is 2.06. The van der Waals surface area contributed by atoms with Gasteiger partial charge in [0.25, 0.3) is 0 Å². The van der Waals surface area contributed by atoms with Gasteiger partial charge in [-0.3, -0.25) is 4.79 Å². The number of thiazole rings is 1. The van der Waals surface area contributed by atoms with Crippen molar-refractivity contribution in [2.24, 2.45) is 0 Å². The van der Waals surface area contributed by atoms with E-state index in [0.29, 0.717) is 11.4 Å². The van der Waals surface area contributed by atoms with E-state index in [1.54, 1.807) is 6.20 Å². The lowest BCUT2D eigenvalue weighted by atomic mass is 10.1. The second-order valence-corrected chi connectivity index (χ2v) is 4.64. The molecule has 0 aliphatic carbocycles. The molecule has 0 N–H and O–H groups in total. The minimum atomic E-state index is 0.135. The number of aromatic nitrogens is 1. The van der Waals surface area contributed by atoms with Crippen molar-refractivity contribution >= 4 is 17.1 Å². The van der Waals surface area contributed by atoms with Gasteiger partial charge < -0.3 is 0 Å². The highest BCUT2D eigenvalue weighted by Crippen LogP contribution is 2.11. The van der Waals surface area contributed by atoms with E-state index in [2.05, 4.69) is 36.2 Å². The Morgan fingerprint density at radius 1 is 1.31 bits per heavy atom. The van der Waals surface area contributed by atoms with Crippen LogP contribution in [0.1, 0.15) is 27.3 Å². The Balaban J connectivity index is 1.93. The molecule has 2 rings (SSSR count). The Labute approximate surface area is 99.0 Å². The summed E-state index contributed by atoms with van der Waals surface area (Å²) in [7, 11) is 0. The molecule has 82 valence electrons. The zero-order valence-corrected chi connectivity index (χ0v) is 9.96. The van der Waals surface area contributed by atoms with Crippen molar-refractivity contribution in [3.63, 3.8) is 0 Å². The van der Waals surface area contributed by atoms with Crippen LogP contribution in [0.25, 0.3) is 0 Å². The molecule has 0 fully saturated rings. The number of hydrogen-bond donors (Lipinski definition) is 0. The van der Waals surface area contributed by atoms with E-state index in [1.165, 1.54) is 22.5 Å². The van der Waals surface area contributed by atoms with Crippen LogP contribution in [0, 0.1) is 6.92 Å². The van der Waals surface area contributed by atoms with E-state index < -0.39 is 0 Å². The van der Waals surface area contributed by atoms with E-state index in [4.69, 9.17) is 0 Å². The summed E-state index contributed by atoms with van der Waals surface area (Å²) >= 11 is 1.41. The topological polar surface area (TPSA) is 30.0 Å². The average Bonchev–Trinajstić information content (AvgIpc) is 2.81. The van der Waals surface area contributed by atoms with Gasteiger partial charge in [0.1, 0.15) is 0 Å². The Hall–Kier alpha value is -1.48. The number of benzene rings is 1. The first-order chi connectivity index (χ1) is 7.75. The van der Waals surface area contributed by atoms with E-state index in [0.717, 1.165) is 6.42 Å². The molecule has 1 heterocycles. The van der Waals surface area contributed by atoms with Crippen molar-refractivity contribution in [2.75, 3.05) is 0 Å². The molecule has 1 aromatic heterocycles. The maximum atomic E-state index is 11.7. The standard InChI is InChI=1S/C13H13NOS/c1-10-2-4-11(5-3-10)6-7-12(15)13-14-8-9-16-13/h2-5,8-9H,6-7H2,1H3. The minimum Gasteiger partial charge on any atom is -0.292 e. The van der Waals surface area contributed by atoms with Crippen LogP contribution in [0.4, 0.5) is 0 Å². The monoisotopic (exact) mass is 231 g/mol. The number of aryl methyl sites for hydroxylation is 2. The molecular formula is C13H13NOS. The third kappa shape index (κ3) is 2.76. The first-order valence-electron chi connectivity index (χ1n) is 5.24. The van der Waals surface area contributed by atoms with Crippen LogP contribution in [0.3, 0.4) is 0 Å². The third-order valence-electron chi connectivity index (χ3n) is 2.43. The number of rotatable bonds is 4. The number of carbonyl (C=O) groups is 1. The minimum absolute atomic E-state index is 0.135. The fourth-order valence-corrected chi connectivity index (χ4v) is 2.09. The summed E-state index contributed by atoms with van der Waals surface area (Å²) in [6, 6.07) is 8.29. The fourth-order valence-electron chi connectivity index (χ4n) is 1.48. The summed E-state index contributed by atoms with van der Waals surface area (Å²) < 4.78 is 0. The molecule has 0 saturated carbocycles. The highest BCUT2D eigenvalue weighted by Gasteiger charge is 2.08. The Bertz CT molecular complexity index is 459. The molecule has 0 spiro atoms. The molecular weight excluding hydrogens is 218 g/mol. The van der Waals surface area contributed by atoms with Crippen LogP contribution in [-0.2, 0) is 6.42 Å². The van der Waals surface area contributed by atoms with Crippen LogP contribution < -0.4 is 0 Å². The molecule has 0 radical (unpaired) electrons. The van der Waals surface area contributed by atoms with Crippen LogP contribution in [0.15, 0.2) is 35.8 Å². The Kier molecular flexibility index (Phi) is 3.47. The molecule has 3 heteroatoms. The number of ketones is 1. The van der Waals surface area contributed by atoms with Crippen molar-refractivity contribution in [2.45, 2.75) is 19.8 Å². The van der Waals surface area contributed by atoms with Gasteiger partial charge >= 0.3 is 0 Å². The molecule has 0 amide bonds. The first kappa shape index (κ1) is 11.0. The SMILES string of the molecule is Cc1ccc(CCC(=O)c2nccs2)cc1. The lowest BCUT2D eigenvalue weighted by molar-refractivity contribution is 0.0982. The maximum Gasteiger partial charge on any atom is 0.191 e. The van der Waals surface area contributed by atoms with Gasteiger partial charge in [0, 0.05) is 18.0 Å². The van der Waals surface area contributed by atoms with Gasteiger partial charge in [-0.2, -0.15) is 0 Å². The van der Waals surface area contributed by atoms with Crippen molar-refractivity contribution in [1.82, 2.24) is 4.98 Å². The second kappa shape index (κ2) is 5.03. The predicted octanol–water partition coefficient (Wildman–Crippen LogP) is 3.27. The second-order valence-electron chi connectivity index (χ2n) is 3.75. The van der Waals surface area contributed by atoms with Crippen LogP contribution in [0.2, 0.25) is 0 Å². The third-order valence-corrected chi connectivity index (χ3v) is 3.25. The first-order valence-corrected chi connectivity index (χ1v) is 6.12. The highest BCUT2D eigenvalue weighted by atomic mass is 32.1. The van der Waals surface area contributed by atoms with Crippen molar-refractivity contribution in [3.8, 4) is 0 Å². The smallest absolute Gasteiger partial charge is 0.191 e. The number of hydrogen-bond acceptors (Lipinski definition) is 3. The molecule has 0 atom stereocenters. The van der Waals surface area contributed by atoms with Gasteiger partial charge in [0.15, 0.2) is 10.8 Å². The van der Waals surface area contributed by atoms with E-state index in [-0.39, 0.29) is 5.78 Å². The van der Waals surface area contributed by atoms with Crippen molar-refractivity contribution in [1.29, 1.82) is 0 Å². The summed E-state index contributed by atoms with van der Waals surface area (Å²) in [4.78, 5) is 15.7. The molecule has 2 nitrogen and oxygen atoms in total. The van der Waals surface area contributed by atoms with Gasteiger partial charge in [0.2, 0.25) is 0 Å². The molecule has 16 heavy (non-hydrogen) atoms. The summed E-state index contributed by atoms with van der Waals surface area (Å²) in [5.41, 5.74) is 2.45. The van der Waals surface area contributed by atoms with Crippen molar-refractivity contribution in [3.05, 3.63) is 52.0 Å². The number of nitrogens with zero attached hydrogens (tertiary/aromatic N) is 1. The molecule has 0 saturated heterocycles. The lowest BCUT2D eigenvalue weighted by Crippen LogP contribution is -2.00. The molecule has 2 aromatic rings. The number of carbonyl (C=O) groups excluding carboxylic acids is 1. The summed E-state index contributed by atoms with van der Waals surface area (Å²) in [5, 5.41) is 2.45. The molecule has 0 aliphatic rings. The van der Waals surface area contributed by atoms with E-state index in [9.17, 15) is 4.79 Å². The largest absolute Gasteiger partial charge is 0.292 e. The van der Waals surface area contributed by atoms with Gasteiger partial charge in [0.05, 0.1) is 0 Å². The maximum absolute atomic E-state index is 11.7. The number of Topliss-reactive ketones (excluding diaryl/α,β-unsaturated/α-hetero) is 1. The van der Waals surface area contributed by atoms with Crippen LogP contribution in [0.5, 0.6) is 0 Å². The van der Waals surface area contributed by atoms with Crippen LogP contribution >= 0.6 is 11.3 Å². The van der Waals surface area contributed by atoms with Crippen LogP contribution in [-0.4, -0.2) is 10.8 Å². The summed E-state index contributed by atoms with van der Waals surface area (Å²) in [5.74, 6) is 0.135. The molecule has 0 unspecified atom stereocenters. The quantitative estimate of drug-likeness (QED) is 0.756. The lowest BCUT2D eigenvalue weighted by Gasteiger charge is -2.00. The molecule has 0 aliphatic heterocycles. The Morgan fingerprint density at radius 2 is 2.06 bits per heavy atom. The van der Waals surface area contributed by atoms with Gasteiger partial charge in [-0.25, -0.2) is 4.98 Å². The average molecular weight is 231 g/mol. The summed E-state index contributed by atoms with van der Waals surface area (Å²) in [6.07, 6.45) is 3.00. The van der Waals surface area contributed by atoms with E-state index in [1.807, 2.05) is 5.38 Å². The normalized spacial score (nSPS) is 10.3. The molecule has 0 bridgehead atoms. The van der Waals surface area contributed by atoms with Gasteiger partial charge in [-0.1, -0.05) is 29.8 Å². The van der Waals surface area contributed by atoms with Gasteiger partial charge in [-0.05, 0) is 18.9 Å². The van der Waals surface area contributed by atoms with Gasteiger partial charge in [-0.15, -0.1) is 11.3 Å².